The largest absolute Gasteiger partial charge is 0.395 e. The first-order valence-corrected chi connectivity index (χ1v) is 4.56. The van der Waals surface area contributed by atoms with E-state index in [9.17, 15) is 4.79 Å². The fourth-order valence-corrected chi connectivity index (χ4v) is 1.09. The van der Waals surface area contributed by atoms with Crippen molar-refractivity contribution in [2.75, 3.05) is 6.61 Å². The average molecular weight is 171 g/mol. The summed E-state index contributed by atoms with van der Waals surface area (Å²) in [4.78, 5) is 11.5. The lowest BCUT2D eigenvalue weighted by molar-refractivity contribution is -0.128. The minimum absolute atomic E-state index is 0.00469. The van der Waals surface area contributed by atoms with Gasteiger partial charge in [0.05, 0.1) is 12.0 Å². The topological polar surface area (TPSA) is 49.3 Å². The van der Waals surface area contributed by atoms with Crippen molar-refractivity contribution in [1.82, 2.24) is 5.32 Å². The van der Waals surface area contributed by atoms with Gasteiger partial charge in [-0.05, 0) is 26.2 Å². The number of nitrogens with one attached hydrogen (secondary N) is 1. The normalized spacial score (nSPS) is 21.6. The first-order valence-electron chi connectivity index (χ1n) is 4.56. The highest BCUT2D eigenvalue weighted by molar-refractivity contribution is 5.85. The average Bonchev–Trinajstić information content (AvgIpc) is 2.84. The zero-order chi connectivity index (χ0) is 9.19. The van der Waals surface area contributed by atoms with E-state index in [1.165, 1.54) is 0 Å². The number of amides is 1. The van der Waals surface area contributed by atoms with Crippen LogP contribution in [0, 0.1) is 5.41 Å². The Balaban J connectivity index is 2.38. The lowest BCUT2D eigenvalue weighted by atomic mass is 10.1. The predicted octanol–water partition coefficient (Wildman–Crippen LogP) is 0.674. The van der Waals surface area contributed by atoms with Crippen LogP contribution in [0.5, 0.6) is 0 Å². The van der Waals surface area contributed by atoms with Crippen molar-refractivity contribution in [2.24, 2.45) is 5.41 Å². The molecule has 0 unspecified atom stereocenters. The molecule has 0 heterocycles. The highest BCUT2D eigenvalue weighted by Gasteiger charge is 2.49. The van der Waals surface area contributed by atoms with Crippen LogP contribution in [-0.2, 0) is 4.79 Å². The molecule has 1 atom stereocenters. The number of aliphatic hydroxyl groups excluding tert-OH is 1. The Kier molecular flexibility index (Phi) is 2.73. The lowest BCUT2D eigenvalue weighted by Crippen LogP contribution is -2.39. The second-order valence-electron chi connectivity index (χ2n) is 3.72. The third kappa shape index (κ3) is 1.78. The first-order chi connectivity index (χ1) is 5.64. The van der Waals surface area contributed by atoms with E-state index in [2.05, 4.69) is 5.32 Å². The van der Waals surface area contributed by atoms with Gasteiger partial charge in [0.2, 0.25) is 5.91 Å². The van der Waals surface area contributed by atoms with Crippen molar-refractivity contribution in [2.45, 2.75) is 39.2 Å². The van der Waals surface area contributed by atoms with Gasteiger partial charge in [0.25, 0.3) is 0 Å². The summed E-state index contributed by atoms with van der Waals surface area (Å²) in [5.41, 5.74) is -0.413. The van der Waals surface area contributed by atoms with Crippen LogP contribution in [0.4, 0.5) is 0 Å². The molecule has 3 nitrogen and oxygen atoms in total. The number of carbonyl (C=O) groups excluding carboxylic acids is 1. The molecule has 0 radical (unpaired) electrons. The van der Waals surface area contributed by atoms with Crippen LogP contribution in [0.1, 0.15) is 33.1 Å². The zero-order valence-electron chi connectivity index (χ0n) is 7.76. The Hall–Kier alpha value is -0.570. The molecule has 1 amide bonds. The van der Waals surface area contributed by atoms with E-state index in [1.54, 1.807) is 0 Å². The van der Waals surface area contributed by atoms with E-state index in [-0.39, 0.29) is 18.6 Å². The SMILES string of the molecule is CC[C@@H](C)NC(=O)C1(CO)CC1. The van der Waals surface area contributed by atoms with Crippen molar-refractivity contribution in [3.63, 3.8) is 0 Å². The molecule has 0 aromatic carbocycles. The Bertz CT molecular complexity index is 175. The molecule has 1 aliphatic carbocycles. The summed E-state index contributed by atoms with van der Waals surface area (Å²) >= 11 is 0. The van der Waals surface area contributed by atoms with Gasteiger partial charge in [-0.15, -0.1) is 0 Å². The molecule has 1 fully saturated rings. The Morgan fingerprint density at radius 1 is 1.67 bits per heavy atom. The second-order valence-corrected chi connectivity index (χ2v) is 3.72. The summed E-state index contributed by atoms with van der Waals surface area (Å²) < 4.78 is 0. The molecule has 3 heteroatoms. The summed E-state index contributed by atoms with van der Waals surface area (Å²) in [6.45, 7) is 4.00. The fraction of sp³-hybridized carbons (Fsp3) is 0.889. The first kappa shape index (κ1) is 9.52. The lowest BCUT2D eigenvalue weighted by Gasteiger charge is -2.16. The van der Waals surface area contributed by atoms with Gasteiger partial charge in [-0.1, -0.05) is 6.92 Å². The summed E-state index contributed by atoms with van der Waals surface area (Å²) in [6.07, 6.45) is 2.62. The quantitative estimate of drug-likeness (QED) is 0.653. The van der Waals surface area contributed by atoms with Crippen LogP contribution >= 0.6 is 0 Å². The molecule has 1 rings (SSSR count). The van der Waals surface area contributed by atoms with Crippen LogP contribution in [0.2, 0.25) is 0 Å². The monoisotopic (exact) mass is 171 g/mol. The van der Waals surface area contributed by atoms with Gasteiger partial charge in [0, 0.05) is 6.04 Å². The van der Waals surface area contributed by atoms with E-state index in [4.69, 9.17) is 5.11 Å². The van der Waals surface area contributed by atoms with E-state index in [1.807, 2.05) is 13.8 Å². The van der Waals surface area contributed by atoms with E-state index in [0.29, 0.717) is 0 Å². The van der Waals surface area contributed by atoms with Crippen molar-refractivity contribution in [3.8, 4) is 0 Å². The summed E-state index contributed by atoms with van der Waals surface area (Å²) in [7, 11) is 0. The zero-order valence-corrected chi connectivity index (χ0v) is 7.76. The molecule has 1 aliphatic rings. The van der Waals surface area contributed by atoms with Gasteiger partial charge < -0.3 is 10.4 Å². The van der Waals surface area contributed by atoms with Gasteiger partial charge >= 0.3 is 0 Å². The maximum atomic E-state index is 11.5. The van der Waals surface area contributed by atoms with Gasteiger partial charge in [-0.25, -0.2) is 0 Å². The van der Waals surface area contributed by atoms with Crippen LogP contribution < -0.4 is 5.32 Å². The van der Waals surface area contributed by atoms with Crippen LogP contribution in [-0.4, -0.2) is 23.7 Å². The molecule has 1 saturated carbocycles. The van der Waals surface area contributed by atoms with Gasteiger partial charge in [0.1, 0.15) is 0 Å². The van der Waals surface area contributed by atoms with Gasteiger partial charge in [0.15, 0.2) is 0 Å². The van der Waals surface area contributed by atoms with Crippen molar-refractivity contribution < 1.29 is 9.90 Å². The molecule has 0 aliphatic heterocycles. The fourth-order valence-electron chi connectivity index (χ4n) is 1.09. The minimum atomic E-state index is -0.413. The number of hydrogen-bond donors (Lipinski definition) is 2. The minimum Gasteiger partial charge on any atom is -0.395 e. The number of carbonyl (C=O) groups is 1. The molecule has 0 saturated heterocycles. The molecule has 0 aromatic rings. The number of hydrogen-bond acceptors (Lipinski definition) is 2. The summed E-state index contributed by atoms with van der Waals surface area (Å²) in [6, 6.07) is 0.224. The summed E-state index contributed by atoms with van der Waals surface area (Å²) in [5, 5.41) is 11.8. The highest BCUT2D eigenvalue weighted by atomic mass is 16.3. The second kappa shape index (κ2) is 3.44. The van der Waals surface area contributed by atoms with Crippen LogP contribution in [0.15, 0.2) is 0 Å². The maximum Gasteiger partial charge on any atom is 0.228 e. The van der Waals surface area contributed by atoms with Crippen molar-refractivity contribution in [1.29, 1.82) is 0 Å². The molecule has 12 heavy (non-hydrogen) atoms. The molecule has 2 N–H and O–H groups in total. The smallest absolute Gasteiger partial charge is 0.228 e. The van der Waals surface area contributed by atoms with E-state index >= 15 is 0 Å². The third-order valence-corrected chi connectivity index (χ3v) is 2.63. The van der Waals surface area contributed by atoms with E-state index in [0.717, 1.165) is 19.3 Å². The Morgan fingerprint density at radius 3 is 2.58 bits per heavy atom. The standard InChI is InChI=1S/C9H17NO2/c1-3-7(2)10-8(12)9(6-11)4-5-9/h7,11H,3-6H2,1-2H3,(H,10,12)/t7-/m1/s1. The molecule has 70 valence electrons. The van der Waals surface area contributed by atoms with Crippen LogP contribution in [0.3, 0.4) is 0 Å². The van der Waals surface area contributed by atoms with Crippen molar-refractivity contribution in [3.05, 3.63) is 0 Å². The summed E-state index contributed by atoms with van der Waals surface area (Å²) in [5.74, 6) is 0.0272. The predicted molar refractivity (Wildman–Crippen MR) is 46.6 cm³/mol. The third-order valence-electron chi connectivity index (χ3n) is 2.63. The Labute approximate surface area is 73.2 Å². The Morgan fingerprint density at radius 2 is 2.25 bits per heavy atom. The molecular weight excluding hydrogens is 154 g/mol. The molecular formula is C9H17NO2. The van der Waals surface area contributed by atoms with Gasteiger partial charge in [-0.2, -0.15) is 0 Å². The number of aliphatic hydroxyl groups is 1. The molecule has 0 aromatic heterocycles. The van der Waals surface area contributed by atoms with Crippen molar-refractivity contribution >= 4 is 5.91 Å². The van der Waals surface area contributed by atoms with E-state index < -0.39 is 5.41 Å². The highest BCUT2D eigenvalue weighted by Crippen LogP contribution is 2.45. The van der Waals surface area contributed by atoms with Crippen LogP contribution in [0.25, 0.3) is 0 Å². The van der Waals surface area contributed by atoms with Gasteiger partial charge in [-0.3, -0.25) is 4.79 Å². The maximum absolute atomic E-state index is 11.5. The molecule has 0 spiro atoms. The molecule has 0 bridgehead atoms. The number of rotatable bonds is 4.